The zero-order valence-corrected chi connectivity index (χ0v) is 47.9. The fourth-order valence-corrected chi connectivity index (χ4v) is 8.50. The van der Waals surface area contributed by atoms with Crippen molar-refractivity contribution in [2.75, 3.05) is 25.7 Å². The lowest BCUT2D eigenvalue weighted by Gasteiger charge is -2.26. The first-order valence-electron chi connectivity index (χ1n) is 23.9. The Morgan fingerprint density at radius 3 is 1.10 bits per heavy atom. The van der Waals surface area contributed by atoms with Gasteiger partial charge in [0.05, 0.1) is 30.8 Å². The van der Waals surface area contributed by atoms with Crippen LogP contribution >= 0.6 is 0 Å². The van der Waals surface area contributed by atoms with Crippen LogP contribution in [0.15, 0.2) is 0 Å². The van der Waals surface area contributed by atoms with Crippen molar-refractivity contribution in [2.24, 2.45) is 46.8 Å². The number of sulfonamides is 2. The van der Waals surface area contributed by atoms with E-state index < -0.39 is 37.4 Å². The van der Waals surface area contributed by atoms with Crippen molar-refractivity contribution in [1.29, 1.82) is 0 Å². The van der Waals surface area contributed by atoms with E-state index in [1.165, 1.54) is 38.2 Å². The lowest BCUT2D eigenvalue weighted by atomic mass is 9.85. The number of aliphatic hydroxyl groups is 3. The van der Waals surface area contributed by atoms with Gasteiger partial charge in [0, 0.05) is 12.1 Å². The molecule has 0 fully saturated rings. The molecule has 0 aliphatic heterocycles. The number of hydrogen-bond acceptors (Lipinski definition) is 7. The third-order valence-electron chi connectivity index (χ3n) is 7.57. The Morgan fingerprint density at radius 2 is 0.952 bits per heavy atom. The van der Waals surface area contributed by atoms with Gasteiger partial charge in [-0.05, 0) is 127 Å². The number of halogens is 1. The van der Waals surface area contributed by atoms with Crippen LogP contribution in [0.1, 0.15) is 230 Å². The molecule has 0 bridgehead atoms. The molecule has 0 heterocycles. The summed E-state index contributed by atoms with van der Waals surface area (Å²) in [4.78, 5) is 0. The van der Waals surface area contributed by atoms with Crippen LogP contribution in [-0.4, -0.2) is 80.7 Å². The Morgan fingerprint density at radius 1 is 0.565 bits per heavy atom. The van der Waals surface area contributed by atoms with Gasteiger partial charge in [0.1, 0.15) is 5.67 Å². The molecule has 0 aromatic rings. The van der Waals surface area contributed by atoms with Gasteiger partial charge in [-0.15, -0.1) is 0 Å². The molecule has 0 spiro atoms. The maximum atomic E-state index is 12.9. The average molecular weight is 940 g/mol. The summed E-state index contributed by atoms with van der Waals surface area (Å²) >= 11 is 0. The Balaban J connectivity index is -0.000000115. The number of aliphatic hydroxyl groups excluding tert-OH is 2. The van der Waals surface area contributed by atoms with E-state index in [0.29, 0.717) is 43.1 Å². The van der Waals surface area contributed by atoms with Crippen LogP contribution in [0.2, 0.25) is 0 Å². The summed E-state index contributed by atoms with van der Waals surface area (Å²) in [5.41, 5.74) is -1.72. The minimum Gasteiger partial charge on any atom is -0.394 e. The molecule has 386 valence electrons. The largest absolute Gasteiger partial charge is 0.394 e. The van der Waals surface area contributed by atoms with E-state index in [0.717, 1.165) is 43.4 Å². The molecule has 0 aliphatic rings. The quantitative estimate of drug-likeness (QED) is 0.0762. The van der Waals surface area contributed by atoms with Gasteiger partial charge in [0.2, 0.25) is 20.0 Å². The molecule has 0 saturated heterocycles. The summed E-state index contributed by atoms with van der Waals surface area (Å²) in [6, 6.07) is 0. The minimum absolute atomic E-state index is 0.109. The van der Waals surface area contributed by atoms with Crippen LogP contribution in [0.5, 0.6) is 0 Å². The van der Waals surface area contributed by atoms with Gasteiger partial charge < -0.3 is 15.3 Å². The molecule has 0 rings (SSSR count). The molecule has 0 radical (unpaired) electrons. The van der Waals surface area contributed by atoms with Gasteiger partial charge in [0.15, 0.2) is 0 Å². The van der Waals surface area contributed by atoms with Gasteiger partial charge >= 0.3 is 0 Å². The topological polar surface area (TPSA) is 153 Å². The molecule has 0 aliphatic carbocycles. The maximum absolute atomic E-state index is 12.9. The highest BCUT2D eigenvalue weighted by atomic mass is 32.2. The average Bonchev–Trinajstić information content (AvgIpc) is 2.91. The summed E-state index contributed by atoms with van der Waals surface area (Å²) < 4.78 is 61.0. The first kappa shape index (κ1) is 75.9. The van der Waals surface area contributed by atoms with Crippen LogP contribution in [0.3, 0.4) is 0 Å². The highest BCUT2D eigenvalue weighted by Gasteiger charge is 2.24. The number of hydrogen-bond donors (Lipinski definition) is 5. The van der Waals surface area contributed by atoms with Gasteiger partial charge in [0.25, 0.3) is 0 Å². The summed E-state index contributed by atoms with van der Waals surface area (Å²) in [7, 11) is -6.05. The SMILES string of the molecule is CC(C)(C)CC(C)(C)F.CC(C)CC(C)(C)NS(C)(=O)=O.CC(C)CC(C)(C)O.CC(C)CC(C)C.CC(C)CC(O)CO.CC(C)CCCCNS(C)(=O)=O.CCCC(C)C. The Bertz CT molecular complexity index is 1150. The van der Waals surface area contributed by atoms with E-state index in [4.69, 9.17) is 10.2 Å². The van der Waals surface area contributed by atoms with Crippen LogP contribution in [0, 0.1) is 46.8 Å². The first-order chi connectivity index (χ1) is 27.2. The zero-order chi connectivity index (χ0) is 51.5. The smallest absolute Gasteiger partial charge is 0.209 e. The fourth-order valence-electron chi connectivity index (χ4n) is 6.90. The van der Waals surface area contributed by atoms with Crippen LogP contribution in [0.25, 0.3) is 0 Å². The highest BCUT2D eigenvalue weighted by molar-refractivity contribution is 7.89. The van der Waals surface area contributed by atoms with E-state index in [1.54, 1.807) is 13.8 Å². The predicted molar refractivity (Wildman–Crippen MR) is 275 cm³/mol. The van der Waals surface area contributed by atoms with Crippen molar-refractivity contribution in [2.45, 2.75) is 253 Å². The molecule has 5 N–H and O–H groups in total. The molecule has 0 aromatic heterocycles. The Hall–Kier alpha value is -0.370. The van der Waals surface area contributed by atoms with E-state index in [1.807, 2.05) is 62.3 Å². The normalized spacial score (nSPS) is 12.9. The number of nitrogens with one attached hydrogen (secondary N) is 2. The van der Waals surface area contributed by atoms with Gasteiger partial charge in [-0.3, -0.25) is 0 Å². The molecule has 12 heteroatoms. The third-order valence-corrected chi connectivity index (χ3v) is 9.23. The zero-order valence-electron chi connectivity index (χ0n) is 46.3. The first-order valence-corrected chi connectivity index (χ1v) is 27.6. The second-order valence-electron chi connectivity index (χ2n) is 23.5. The van der Waals surface area contributed by atoms with Crippen LogP contribution < -0.4 is 9.44 Å². The lowest BCUT2D eigenvalue weighted by molar-refractivity contribution is 0.0578. The maximum Gasteiger partial charge on any atom is 0.209 e. The second kappa shape index (κ2) is 39.8. The summed E-state index contributed by atoms with van der Waals surface area (Å²) in [6.07, 6.45) is 12.2. The summed E-state index contributed by atoms with van der Waals surface area (Å²) in [5.74, 6) is 4.92. The van der Waals surface area contributed by atoms with Crippen LogP contribution in [-0.2, 0) is 20.0 Å². The van der Waals surface area contributed by atoms with Crippen molar-refractivity contribution in [3.8, 4) is 0 Å². The number of rotatable bonds is 20. The third kappa shape index (κ3) is 108. The standard InChI is InChI=1S/C8H17F.2C8H19NO2S.C7H16O.C7H16.C6H14O2.C6H14/c1-7(2,3)6-8(4,5)9;1-7(2)6-8(3,4)9-12(5,10)11;1-8(2)6-4-5-7-9-12(3,10)11;1-6(2)5-7(3,4)8;1-6(2)5-7(3)4;1-5(2)3-6(8)4-7;1-4-5-6(2)3/h6H2,1-5H3;7,9H,6H2,1-5H3;8-9H,4-7H2,1-3H3;6,8H,5H2,1-4H3;6-7H,5H2,1-4H3;5-8H,3-4H2,1-2H3;6H,4-5H2,1-3H3. The molecular weight excluding hydrogens is 824 g/mol. The Labute approximate surface area is 390 Å². The summed E-state index contributed by atoms with van der Waals surface area (Å²) in [6.45, 7) is 49.9. The van der Waals surface area contributed by atoms with Crippen molar-refractivity contribution in [1.82, 2.24) is 9.44 Å². The van der Waals surface area contributed by atoms with Gasteiger partial charge in [-0.2, -0.15) is 0 Å². The molecule has 9 nitrogen and oxygen atoms in total. The van der Waals surface area contributed by atoms with Crippen molar-refractivity contribution >= 4 is 20.0 Å². The summed E-state index contributed by atoms with van der Waals surface area (Å²) in [5, 5.41) is 26.3. The molecule has 1 unspecified atom stereocenters. The minimum atomic E-state index is -3.08. The van der Waals surface area contributed by atoms with Crippen molar-refractivity contribution < 1.29 is 36.5 Å². The molecule has 0 saturated carbocycles. The van der Waals surface area contributed by atoms with Gasteiger partial charge in [-0.25, -0.2) is 30.7 Å². The molecule has 62 heavy (non-hydrogen) atoms. The number of alkyl halides is 1. The second-order valence-corrected chi connectivity index (χ2v) is 27.0. The fraction of sp³-hybridized carbons (Fsp3) is 1.00. The number of unbranched alkanes of at least 4 members (excludes halogenated alkanes) is 1. The Kier molecular flexibility index (Phi) is 48.7. The van der Waals surface area contributed by atoms with Crippen LogP contribution in [0.4, 0.5) is 4.39 Å². The lowest BCUT2D eigenvalue weighted by Crippen LogP contribution is -2.43. The highest BCUT2D eigenvalue weighted by Crippen LogP contribution is 2.29. The van der Waals surface area contributed by atoms with Crippen molar-refractivity contribution in [3.05, 3.63) is 0 Å². The predicted octanol–water partition coefficient (Wildman–Crippen LogP) is 13.2. The molecule has 0 aromatic carbocycles. The monoisotopic (exact) mass is 939 g/mol. The molecule has 1 atom stereocenters. The van der Waals surface area contributed by atoms with E-state index in [2.05, 4.69) is 99.5 Å². The molecular formula is C50H115FN2O7S2. The molecule has 0 amide bonds. The van der Waals surface area contributed by atoms with E-state index in [9.17, 15) is 26.3 Å². The van der Waals surface area contributed by atoms with Crippen molar-refractivity contribution in [3.63, 3.8) is 0 Å². The van der Waals surface area contributed by atoms with Gasteiger partial charge in [-0.1, -0.05) is 150 Å². The van der Waals surface area contributed by atoms with E-state index in [-0.39, 0.29) is 17.6 Å². The van der Waals surface area contributed by atoms with E-state index >= 15 is 0 Å².